The molecule has 1 saturated heterocycles. The van der Waals surface area contributed by atoms with E-state index in [0.29, 0.717) is 5.28 Å². The Hall–Kier alpha value is -1.69. The standard InChI is InChI=1S/C22H25ClN4S/c1-2-26-9-11-27(12-10-26)20-19-18(14-28-21(19)25-22(23)24-20)17-8-7-15-5-3-4-6-16(15)13-17/h7-8,13-14H,2-6,9-12H2,1H3. The summed E-state index contributed by atoms with van der Waals surface area (Å²) >= 11 is 7.97. The highest BCUT2D eigenvalue weighted by Crippen LogP contribution is 2.40. The lowest BCUT2D eigenvalue weighted by molar-refractivity contribution is 0.271. The molecule has 0 unspecified atom stereocenters. The molecule has 0 N–H and O–H groups in total. The van der Waals surface area contributed by atoms with Crippen molar-refractivity contribution in [2.24, 2.45) is 0 Å². The lowest BCUT2D eigenvalue weighted by atomic mass is 9.89. The van der Waals surface area contributed by atoms with E-state index in [4.69, 9.17) is 16.6 Å². The molecule has 0 radical (unpaired) electrons. The van der Waals surface area contributed by atoms with E-state index < -0.39 is 0 Å². The second-order valence-corrected chi connectivity index (χ2v) is 8.95. The van der Waals surface area contributed by atoms with Crippen molar-refractivity contribution in [3.05, 3.63) is 40.0 Å². The molecule has 6 heteroatoms. The van der Waals surface area contributed by atoms with Crippen molar-refractivity contribution in [1.82, 2.24) is 14.9 Å². The summed E-state index contributed by atoms with van der Waals surface area (Å²) in [4.78, 5) is 15.1. The van der Waals surface area contributed by atoms with Gasteiger partial charge in [-0.15, -0.1) is 11.3 Å². The Morgan fingerprint density at radius 2 is 1.82 bits per heavy atom. The summed E-state index contributed by atoms with van der Waals surface area (Å²) in [7, 11) is 0. The number of hydrogen-bond donors (Lipinski definition) is 0. The third-order valence-electron chi connectivity index (χ3n) is 6.17. The average molecular weight is 413 g/mol. The summed E-state index contributed by atoms with van der Waals surface area (Å²) in [5, 5.41) is 3.74. The Bertz CT molecular complexity index is 1010. The van der Waals surface area contributed by atoms with Crippen LogP contribution in [0.2, 0.25) is 5.28 Å². The molecule has 2 aliphatic rings. The summed E-state index contributed by atoms with van der Waals surface area (Å²) in [5.74, 6) is 1.000. The largest absolute Gasteiger partial charge is 0.353 e. The molecule has 0 saturated carbocycles. The Labute approximate surface area is 175 Å². The van der Waals surface area contributed by atoms with Crippen molar-refractivity contribution in [3.8, 4) is 11.1 Å². The molecule has 1 aliphatic carbocycles. The van der Waals surface area contributed by atoms with Crippen LogP contribution in [0, 0.1) is 0 Å². The lowest BCUT2D eigenvalue weighted by Gasteiger charge is -2.35. The van der Waals surface area contributed by atoms with Gasteiger partial charge in [-0.1, -0.05) is 25.1 Å². The molecule has 1 aliphatic heterocycles. The molecule has 3 heterocycles. The Morgan fingerprint density at radius 3 is 2.61 bits per heavy atom. The van der Waals surface area contributed by atoms with E-state index in [0.717, 1.165) is 48.8 Å². The minimum absolute atomic E-state index is 0.347. The Morgan fingerprint density at radius 1 is 1.04 bits per heavy atom. The van der Waals surface area contributed by atoms with Gasteiger partial charge in [-0.2, -0.15) is 4.98 Å². The summed E-state index contributed by atoms with van der Waals surface area (Å²) in [6.07, 6.45) is 5.02. The van der Waals surface area contributed by atoms with Gasteiger partial charge in [-0.05, 0) is 60.5 Å². The topological polar surface area (TPSA) is 32.3 Å². The maximum atomic E-state index is 6.30. The van der Waals surface area contributed by atoms with Crippen molar-refractivity contribution >= 4 is 39.0 Å². The SMILES string of the molecule is CCN1CCN(c2nc(Cl)nc3scc(-c4ccc5c(c4)CCCC5)c23)CC1. The maximum absolute atomic E-state index is 6.30. The van der Waals surface area contributed by atoms with Crippen LogP contribution in [0.1, 0.15) is 30.9 Å². The number of rotatable bonds is 3. The maximum Gasteiger partial charge on any atom is 0.225 e. The van der Waals surface area contributed by atoms with Crippen LogP contribution >= 0.6 is 22.9 Å². The van der Waals surface area contributed by atoms with E-state index in [1.54, 1.807) is 11.3 Å². The van der Waals surface area contributed by atoms with Gasteiger partial charge in [0.15, 0.2) is 0 Å². The minimum Gasteiger partial charge on any atom is -0.353 e. The first-order valence-electron chi connectivity index (χ1n) is 10.3. The normalized spacial score (nSPS) is 17.9. The van der Waals surface area contributed by atoms with Crippen LogP contribution in [0.25, 0.3) is 21.3 Å². The number of fused-ring (bicyclic) bond motifs is 2. The van der Waals surface area contributed by atoms with E-state index in [2.05, 4.69) is 45.3 Å². The molecule has 0 bridgehead atoms. The van der Waals surface area contributed by atoms with Gasteiger partial charge in [-0.25, -0.2) is 4.98 Å². The van der Waals surface area contributed by atoms with Gasteiger partial charge < -0.3 is 9.80 Å². The first kappa shape index (κ1) is 18.3. The number of halogens is 1. The van der Waals surface area contributed by atoms with Crippen LogP contribution in [-0.2, 0) is 12.8 Å². The summed E-state index contributed by atoms with van der Waals surface area (Å²) in [5.41, 5.74) is 5.56. The summed E-state index contributed by atoms with van der Waals surface area (Å²) in [6.45, 7) is 7.43. The van der Waals surface area contributed by atoms with E-state index in [1.165, 1.54) is 47.9 Å². The molecule has 28 heavy (non-hydrogen) atoms. The zero-order valence-electron chi connectivity index (χ0n) is 16.2. The third-order valence-corrected chi connectivity index (χ3v) is 7.21. The van der Waals surface area contributed by atoms with E-state index in [-0.39, 0.29) is 0 Å². The fourth-order valence-electron chi connectivity index (χ4n) is 4.52. The van der Waals surface area contributed by atoms with Gasteiger partial charge in [0.05, 0.1) is 5.39 Å². The molecule has 146 valence electrons. The van der Waals surface area contributed by atoms with Gasteiger partial charge in [0, 0.05) is 37.1 Å². The van der Waals surface area contributed by atoms with E-state index >= 15 is 0 Å². The molecular formula is C22H25ClN4S. The number of anilines is 1. The van der Waals surface area contributed by atoms with Crippen LogP contribution in [0.3, 0.4) is 0 Å². The van der Waals surface area contributed by atoms with E-state index in [9.17, 15) is 0 Å². The van der Waals surface area contributed by atoms with Crippen molar-refractivity contribution in [3.63, 3.8) is 0 Å². The molecule has 1 fully saturated rings. The van der Waals surface area contributed by atoms with Crippen molar-refractivity contribution in [2.45, 2.75) is 32.6 Å². The Balaban J connectivity index is 1.59. The smallest absolute Gasteiger partial charge is 0.225 e. The summed E-state index contributed by atoms with van der Waals surface area (Å²) in [6, 6.07) is 6.99. The highest BCUT2D eigenvalue weighted by Gasteiger charge is 2.23. The zero-order chi connectivity index (χ0) is 19.1. The second-order valence-electron chi connectivity index (χ2n) is 7.76. The first-order chi connectivity index (χ1) is 13.7. The van der Waals surface area contributed by atoms with Crippen LogP contribution in [0.4, 0.5) is 5.82 Å². The molecule has 4 nitrogen and oxygen atoms in total. The predicted octanol–water partition coefficient (Wildman–Crippen LogP) is 5.03. The van der Waals surface area contributed by atoms with Crippen molar-refractivity contribution < 1.29 is 0 Å². The molecule has 0 spiro atoms. The molecule has 1 aromatic carbocycles. The highest BCUT2D eigenvalue weighted by atomic mass is 35.5. The Kier molecular flexibility index (Phi) is 4.99. The second kappa shape index (κ2) is 7.62. The van der Waals surface area contributed by atoms with Gasteiger partial charge in [-0.3, -0.25) is 0 Å². The third kappa shape index (κ3) is 3.30. The van der Waals surface area contributed by atoms with Crippen molar-refractivity contribution in [2.75, 3.05) is 37.6 Å². The number of likely N-dealkylation sites (N-methyl/N-ethyl adjacent to an activating group) is 1. The van der Waals surface area contributed by atoms with Crippen LogP contribution < -0.4 is 4.90 Å². The highest BCUT2D eigenvalue weighted by molar-refractivity contribution is 7.17. The fourth-order valence-corrected chi connectivity index (χ4v) is 5.67. The monoisotopic (exact) mass is 412 g/mol. The van der Waals surface area contributed by atoms with Crippen LogP contribution in [-0.4, -0.2) is 47.6 Å². The molecule has 0 atom stereocenters. The molecule has 2 aromatic heterocycles. The number of aryl methyl sites for hydroxylation is 2. The number of nitrogens with zero attached hydrogens (tertiary/aromatic N) is 4. The number of benzene rings is 1. The molecule has 5 rings (SSSR count). The van der Waals surface area contributed by atoms with Gasteiger partial charge >= 0.3 is 0 Å². The fraction of sp³-hybridized carbons (Fsp3) is 0.455. The molecular weight excluding hydrogens is 388 g/mol. The lowest BCUT2D eigenvalue weighted by Crippen LogP contribution is -2.46. The van der Waals surface area contributed by atoms with Crippen molar-refractivity contribution in [1.29, 1.82) is 0 Å². The summed E-state index contributed by atoms with van der Waals surface area (Å²) < 4.78 is 0. The van der Waals surface area contributed by atoms with Gasteiger partial charge in [0.25, 0.3) is 0 Å². The van der Waals surface area contributed by atoms with E-state index in [1.807, 2.05) is 0 Å². The van der Waals surface area contributed by atoms with Crippen LogP contribution in [0.5, 0.6) is 0 Å². The number of aromatic nitrogens is 2. The zero-order valence-corrected chi connectivity index (χ0v) is 17.8. The first-order valence-corrected chi connectivity index (χ1v) is 11.5. The minimum atomic E-state index is 0.347. The average Bonchev–Trinajstić information content (AvgIpc) is 3.16. The predicted molar refractivity (Wildman–Crippen MR) is 119 cm³/mol. The number of piperazine rings is 1. The molecule has 3 aromatic rings. The molecule has 0 amide bonds. The quantitative estimate of drug-likeness (QED) is 0.564. The van der Waals surface area contributed by atoms with Gasteiger partial charge in [0.2, 0.25) is 5.28 Å². The number of thiophene rings is 1. The van der Waals surface area contributed by atoms with Gasteiger partial charge in [0.1, 0.15) is 10.6 Å². The number of hydrogen-bond acceptors (Lipinski definition) is 5. The van der Waals surface area contributed by atoms with Crippen LogP contribution in [0.15, 0.2) is 23.6 Å².